The van der Waals surface area contributed by atoms with E-state index in [0.29, 0.717) is 22.7 Å². The van der Waals surface area contributed by atoms with E-state index in [9.17, 15) is 14.4 Å². The predicted molar refractivity (Wildman–Crippen MR) is 168 cm³/mol. The van der Waals surface area contributed by atoms with Crippen molar-refractivity contribution in [1.82, 2.24) is 0 Å². The molecule has 1 aromatic heterocycles. The molecule has 0 saturated heterocycles. The lowest BCUT2D eigenvalue weighted by atomic mass is 10.0. The first-order chi connectivity index (χ1) is 20.9. The summed E-state index contributed by atoms with van der Waals surface area (Å²) >= 11 is 0. The van der Waals surface area contributed by atoms with Crippen molar-refractivity contribution in [2.75, 3.05) is 17.7 Å². The maximum Gasteiger partial charge on any atom is 0.248 e. The van der Waals surface area contributed by atoms with Crippen LogP contribution in [0.4, 0.5) is 11.4 Å². The molecule has 0 atom stereocenters. The van der Waals surface area contributed by atoms with Crippen molar-refractivity contribution >= 4 is 35.0 Å². The van der Waals surface area contributed by atoms with Gasteiger partial charge in [-0.15, -0.1) is 0 Å². The van der Waals surface area contributed by atoms with E-state index in [-0.39, 0.29) is 23.7 Å². The highest BCUT2D eigenvalue weighted by Crippen LogP contribution is 2.26. The predicted octanol–water partition coefficient (Wildman–Crippen LogP) is 7.33. The Hall–Kier alpha value is -5.69. The third-order valence-corrected chi connectivity index (χ3v) is 6.77. The zero-order chi connectivity index (χ0) is 30.2. The number of amides is 2. The Bertz CT molecular complexity index is 1770. The molecular formula is C36H30N2O5. The van der Waals surface area contributed by atoms with E-state index < -0.39 is 5.91 Å². The Morgan fingerprint density at radius 3 is 2.28 bits per heavy atom. The molecule has 0 aliphatic carbocycles. The zero-order valence-corrected chi connectivity index (χ0v) is 23.8. The number of ketones is 1. The Labute approximate surface area is 249 Å². The second-order valence-electron chi connectivity index (χ2n) is 9.95. The van der Waals surface area contributed by atoms with Gasteiger partial charge in [0.05, 0.1) is 25.5 Å². The van der Waals surface area contributed by atoms with Crippen LogP contribution in [-0.2, 0) is 16.0 Å². The molecule has 0 fully saturated rings. The second kappa shape index (κ2) is 13.3. The van der Waals surface area contributed by atoms with Gasteiger partial charge in [-0.1, -0.05) is 72.3 Å². The maximum atomic E-state index is 13.5. The summed E-state index contributed by atoms with van der Waals surface area (Å²) in [6.45, 7) is 1.98. The molecular weight excluding hydrogens is 540 g/mol. The van der Waals surface area contributed by atoms with Crippen LogP contribution in [0, 0.1) is 6.92 Å². The van der Waals surface area contributed by atoms with E-state index in [1.807, 2.05) is 67.6 Å². The average Bonchev–Trinajstić information content (AvgIpc) is 3.51. The number of hydrogen-bond donors (Lipinski definition) is 2. The van der Waals surface area contributed by atoms with E-state index in [1.54, 1.807) is 61.9 Å². The normalized spacial score (nSPS) is 10.8. The molecule has 0 aliphatic heterocycles. The molecule has 2 amide bonds. The summed E-state index contributed by atoms with van der Waals surface area (Å²) < 4.78 is 10.8. The van der Waals surface area contributed by atoms with Gasteiger partial charge in [0.25, 0.3) is 0 Å². The Balaban J connectivity index is 1.31. The molecule has 214 valence electrons. The minimum Gasteiger partial charge on any atom is -0.497 e. The van der Waals surface area contributed by atoms with Gasteiger partial charge >= 0.3 is 0 Å². The highest BCUT2D eigenvalue weighted by Gasteiger charge is 2.17. The lowest BCUT2D eigenvalue weighted by Gasteiger charge is -2.13. The maximum absolute atomic E-state index is 13.5. The summed E-state index contributed by atoms with van der Waals surface area (Å²) in [4.78, 5) is 39.1. The topological polar surface area (TPSA) is 97.6 Å². The number of anilines is 2. The van der Waals surface area contributed by atoms with Crippen LogP contribution in [0.3, 0.4) is 0 Å². The summed E-state index contributed by atoms with van der Waals surface area (Å²) in [6.07, 6.45) is 4.70. The summed E-state index contributed by atoms with van der Waals surface area (Å²) in [7, 11) is 1.61. The number of carbonyl (C=O) groups excluding carboxylic acids is 3. The van der Waals surface area contributed by atoms with Crippen LogP contribution in [0.1, 0.15) is 32.8 Å². The van der Waals surface area contributed by atoms with E-state index in [2.05, 4.69) is 10.6 Å². The van der Waals surface area contributed by atoms with Gasteiger partial charge in [0.15, 0.2) is 5.78 Å². The molecule has 0 spiro atoms. The van der Waals surface area contributed by atoms with Crippen molar-refractivity contribution in [1.29, 1.82) is 0 Å². The Morgan fingerprint density at radius 1 is 0.814 bits per heavy atom. The standard InChI is InChI=1S/C36H30N2O5/c1-24-8-10-25(11-9-24)20-35(40)38-33-18-14-29(22-32(33)36(41)27-6-4-3-5-7-27)37-34(39)19-17-31-21-28(23-43-31)26-12-15-30(42-2)16-13-26/h3-19,21-23H,20H2,1-2H3,(H,37,39)(H,38,40)/b19-17+. The number of aryl methyl sites for hydroxylation is 1. The van der Waals surface area contributed by atoms with Gasteiger partial charge in [0.1, 0.15) is 11.5 Å². The first-order valence-electron chi connectivity index (χ1n) is 13.7. The summed E-state index contributed by atoms with van der Waals surface area (Å²) in [5, 5.41) is 5.66. The van der Waals surface area contributed by atoms with Crippen molar-refractivity contribution in [3.8, 4) is 16.9 Å². The fourth-order valence-electron chi connectivity index (χ4n) is 4.47. The molecule has 5 rings (SSSR count). The first-order valence-corrected chi connectivity index (χ1v) is 13.7. The highest BCUT2D eigenvalue weighted by molar-refractivity contribution is 6.15. The largest absolute Gasteiger partial charge is 0.497 e. The lowest BCUT2D eigenvalue weighted by molar-refractivity contribution is -0.115. The number of rotatable bonds is 10. The average molecular weight is 571 g/mol. The summed E-state index contributed by atoms with van der Waals surface area (Å²) in [5.41, 5.74) is 5.29. The van der Waals surface area contributed by atoms with Crippen LogP contribution in [0.2, 0.25) is 0 Å². The van der Waals surface area contributed by atoms with Crippen molar-refractivity contribution in [3.63, 3.8) is 0 Å². The van der Waals surface area contributed by atoms with Crippen molar-refractivity contribution in [3.05, 3.63) is 143 Å². The van der Waals surface area contributed by atoms with Crippen LogP contribution in [0.5, 0.6) is 5.75 Å². The third kappa shape index (κ3) is 7.54. The van der Waals surface area contributed by atoms with Crippen molar-refractivity contribution in [2.45, 2.75) is 13.3 Å². The number of methoxy groups -OCH3 is 1. The van der Waals surface area contributed by atoms with Crippen LogP contribution in [0.15, 0.2) is 120 Å². The van der Waals surface area contributed by atoms with Crippen LogP contribution in [-0.4, -0.2) is 24.7 Å². The molecule has 7 nitrogen and oxygen atoms in total. The minimum atomic E-state index is -0.406. The molecule has 0 radical (unpaired) electrons. The molecule has 0 aliphatic rings. The number of ether oxygens (including phenoxy) is 1. The molecule has 0 unspecified atom stereocenters. The molecule has 2 N–H and O–H groups in total. The minimum absolute atomic E-state index is 0.162. The number of carbonyl (C=O) groups is 3. The number of nitrogens with one attached hydrogen (secondary N) is 2. The fraction of sp³-hybridized carbons (Fsp3) is 0.0833. The molecule has 43 heavy (non-hydrogen) atoms. The van der Waals surface area contributed by atoms with Crippen LogP contribution < -0.4 is 15.4 Å². The molecule has 7 heteroatoms. The van der Waals surface area contributed by atoms with Gasteiger partial charge in [-0.05, 0) is 60.5 Å². The summed E-state index contributed by atoms with van der Waals surface area (Å²) in [5.74, 6) is 0.331. The van der Waals surface area contributed by atoms with Gasteiger partial charge in [0, 0.05) is 28.5 Å². The molecule has 5 aromatic rings. The third-order valence-electron chi connectivity index (χ3n) is 6.77. The number of furan rings is 1. The van der Waals surface area contributed by atoms with Gasteiger partial charge < -0.3 is 19.8 Å². The molecule has 4 aromatic carbocycles. The van der Waals surface area contributed by atoms with E-state index >= 15 is 0 Å². The molecule has 0 saturated carbocycles. The Morgan fingerprint density at radius 2 is 1.56 bits per heavy atom. The first kappa shape index (κ1) is 28.8. The van der Waals surface area contributed by atoms with Gasteiger partial charge in [-0.3, -0.25) is 14.4 Å². The van der Waals surface area contributed by atoms with Crippen molar-refractivity contribution in [2.24, 2.45) is 0 Å². The number of hydrogen-bond acceptors (Lipinski definition) is 5. The van der Waals surface area contributed by atoms with Gasteiger partial charge in [0.2, 0.25) is 11.8 Å². The molecule has 0 bridgehead atoms. The number of benzene rings is 4. The second-order valence-corrected chi connectivity index (χ2v) is 9.95. The van der Waals surface area contributed by atoms with Gasteiger partial charge in [-0.2, -0.15) is 0 Å². The lowest BCUT2D eigenvalue weighted by Crippen LogP contribution is -2.18. The van der Waals surface area contributed by atoms with Gasteiger partial charge in [-0.25, -0.2) is 0 Å². The fourth-order valence-corrected chi connectivity index (χ4v) is 4.47. The summed E-state index contributed by atoms with van der Waals surface area (Å²) in [6, 6.07) is 30.7. The quantitative estimate of drug-likeness (QED) is 0.135. The molecule has 1 heterocycles. The zero-order valence-electron chi connectivity index (χ0n) is 23.8. The monoisotopic (exact) mass is 570 g/mol. The van der Waals surface area contributed by atoms with E-state index in [1.165, 1.54) is 6.08 Å². The van der Waals surface area contributed by atoms with Crippen molar-refractivity contribution < 1.29 is 23.5 Å². The van der Waals surface area contributed by atoms with E-state index in [0.717, 1.165) is 28.0 Å². The van der Waals surface area contributed by atoms with Crippen LogP contribution >= 0.6 is 0 Å². The Kier molecular flexibility index (Phi) is 8.93. The SMILES string of the molecule is COc1ccc(-c2coc(/C=C/C(=O)Nc3ccc(NC(=O)Cc4ccc(C)cc4)c(C(=O)c4ccccc4)c3)c2)cc1. The smallest absolute Gasteiger partial charge is 0.248 e. The van der Waals surface area contributed by atoms with E-state index in [4.69, 9.17) is 9.15 Å². The highest BCUT2D eigenvalue weighted by atomic mass is 16.5. The van der Waals surface area contributed by atoms with Crippen LogP contribution in [0.25, 0.3) is 17.2 Å².